The van der Waals surface area contributed by atoms with Crippen LogP contribution in [0.2, 0.25) is 0 Å². The second-order valence-electron chi connectivity index (χ2n) is 4.32. The number of carbonyl (C=O) groups excluding carboxylic acids is 1. The third-order valence-electron chi connectivity index (χ3n) is 2.65. The monoisotopic (exact) mass is 289 g/mol. The van der Waals surface area contributed by atoms with Crippen LogP contribution >= 0.6 is 0 Å². The molecule has 2 aromatic rings. The van der Waals surface area contributed by atoms with Gasteiger partial charge in [0.15, 0.2) is 0 Å². The number of nitrogens with two attached hydrogens (primary N) is 1. The predicted octanol–water partition coefficient (Wildman–Crippen LogP) is 1.72. The minimum atomic E-state index is -1.48. The number of aromatic nitrogens is 1. The van der Waals surface area contributed by atoms with Gasteiger partial charge in [-0.25, -0.2) is 0 Å². The van der Waals surface area contributed by atoms with E-state index in [1.165, 1.54) is 12.4 Å². The summed E-state index contributed by atoms with van der Waals surface area (Å²) in [5, 5.41) is 2.70. The van der Waals surface area contributed by atoms with Gasteiger partial charge >= 0.3 is 0 Å². The third-order valence-corrected chi connectivity index (χ3v) is 4.04. The van der Waals surface area contributed by atoms with E-state index < -0.39 is 10.8 Å². The van der Waals surface area contributed by atoms with Crippen molar-refractivity contribution in [3.05, 3.63) is 48.3 Å². The lowest BCUT2D eigenvalue weighted by Crippen LogP contribution is -2.20. The van der Waals surface area contributed by atoms with E-state index in [1.807, 2.05) is 19.1 Å². The molecule has 104 valence electrons. The Bertz CT molecular complexity index is 641. The van der Waals surface area contributed by atoms with E-state index in [9.17, 15) is 9.00 Å². The topological polar surface area (TPSA) is 85.1 Å². The molecular weight excluding hydrogens is 274 g/mol. The molecule has 1 unspecified atom stereocenters. The fourth-order valence-corrected chi connectivity index (χ4v) is 2.63. The number of nitrogens with one attached hydrogen (secondary N) is 1. The summed E-state index contributed by atoms with van der Waals surface area (Å²) in [6.07, 6.45) is 2.92. The number of benzene rings is 1. The molecule has 1 amide bonds. The molecule has 0 aliphatic rings. The zero-order chi connectivity index (χ0) is 14.5. The lowest BCUT2D eigenvalue weighted by molar-refractivity contribution is -0.113. The van der Waals surface area contributed by atoms with Crippen molar-refractivity contribution in [1.82, 2.24) is 4.98 Å². The molecule has 6 heteroatoms. The van der Waals surface area contributed by atoms with Gasteiger partial charge in [-0.1, -0.05) is 17.7 Å². The van der Waals surface area contributed by atoms with Crippen LogP contribution in [0.4, 0.5) is 11.4 Å². The Labute approximate surface area is 119 Å². The van der Waals surface area contributed by atoms with Crippen molar-refractivity contribution in [3.8, 4) is 0 Å². The van der Waals surface area contributed by atoms with Crippen molar-refractivity contribution in [3.63, 3.8) is 0 Å². The van der Waals surface area contributed by atoms with Crippen LogP contribution in [0.15, 0.2) is 47.6 Å². The van der Waals surface area contributed by atoms with E-state index in [0.717, 1.165) is 5.56 Å². The molecule has 5 nitrogen and oxygen atoms in total. The number of pyridine rings is 1. The predicted molar refractivity (Wildman–Crippen MR) is 79.7 cm³/mol. The number of nitrogen functional groups attached to an aromatic ring is 1. The molecule has 0 saturated carbocycles. The third kappa shape index (κ3) is 3.64. The number of aryl methyl sites for hydroxylation is 1. The van der Waals surface area contributed by atoms with Crippen molar-refractivity contribution >= 4 is 28.1 Å². The maximum Gasteiger partial charge on any atom is 0.237 e. The molecule has 0 radical (unpaired) electrons. The van der Waals surface area contributed by atoms with E-state index in [-0.39, 0.29) is 11.7 Å². The van der Waals surface area contributed by atoms with Gasteiger partial charge in [-0.05, 0) is 25.1 Å². The lowest BCUT2D eigenvalue weighted by atomic mass is 10.2. The van der Waals surface area contributed by atoms with Crippen LogP contribution in [0.1, 0.15) is 5.56 Å². The summed E-state index contributed by atoms with van der Waals surface area (Å²) in [5.41, 5.74) is 7.80. The first kappa shape index (κ1) is 14.2. The van der Waals surface area contributed by atoms with Crippen molar-refractivity contribution in [2.24, 2.45) is 0 Å². The van der Waals surface area contributed by atoms with Gasteiger partial charge in [-0.3, -0.25) is 14.0 Å². The maximum absolute atomic E-state index is 12.1. The summed E-state index contributed by atoms with van der Waals surface area (Å²) in [6.45, 7) is 1.97. The highest BCUT2D eigenvalue weighted by Crippen LogP contribution is 2.15. The Hall–Kier alpha value is -2.21. The molecule has 0 aliphatic carbocycles. The van der Waals surface area contributed by atoms with E-state index in [2.05, 4.69) is 10.3 Å². The zero-order valence-electron chi connectivity index (χ0n) is 11.0. The van der Waals surface area contributed by atoms with Crippen LogP contribution < -0.4 is 11.1 Å². The minimum Gasteiger partial charge on any atom is -0.396 e. The Kier molecular flexibility index (Phi) is 4.47. The Balaban J connectivity index is 2.00. The smallest absolute Gasteiger partial charge is 0.237 e. The fraction of sp³-hybridized carbons (Fsp3) is 0.143. The van der Waals surface area contributed by atoms with Gasteiger partial charge in [-0.2, -0.15) is 0 Å². The van der Waals surface area contributed by atoms with Crippen LogP contribution in [0.25, 0.3) is 0 Å². The van der Waals surface area contributed by atoms with Gasteiger partial charge in [0.2, 0.25) is 5.91 Å². The number of anilines is 2. The summed E-state index contributed by atoms with van der Waals surface area (Å²) in [4.78, 5) is 16.1. The summed E-state index contributed by atoms with van der Waals surface area (Å²) >= 11 is 0. The number of carbonyl (C=O) groups is 1. The van der Waals surface area contributed by atoms with Crippen molar-refractivity contribution in [2.75, 3.05) is 16.8 Å². The number of rotatable bonds is 4. The maximum atomic E-state index is 12.1. The van der Waals surface area contributed by atoms with Gasteiger partial charge < -0.3 is 11.1 Å². The average molecular weight is 289 g/mol. The molecule has 0 spiro atoms. The van der Waals surface area contributed by atoms with E-state index in [0.29, 0.717) is 16.3 Å². The molecular formula is C14H15N3O2S. The lowest BCUT2D eigenvalue weighted by Gasteiger charge is -2.07. The van der Waals surface area contributed by atoms with E-state index in [4.69, 9.17) is 5.73 Å². The van der Waals surface area contributed by atoms with Crippen LogP contribution in [-0.4, -0.2) is 20.9 Å². The summed E-state index contributed by atoms with van der Waals surface area (Å²) < 4.78 is 12.1. The molecule has 0 saturated heterocycles. The Morgan fingerprint density at radius 3 is 2.65 bits per heavy atom. The van der Waals surface area contributed by atoms with Crippen LogP contribution in [0.3, 0.4) is 0 Å². The average Bonchev–Trinajstić information content (AvgIpc) is 2.41. The standard InChI is InChI=1S/C14H15N3O2S/c1-10-2-4-11(5-3-10)17-14(18)9-20(19)13-6-7-16-8-12(13)15/h2-8H,9,15H2,1H3,(H,17,18). The molecule has 20 heavy (non-hydrogen) atoms. The van der Waals surface area contributed by atoms with Crippen LogP contribution in [0.5, 0.6) is 0 Å². The van der Waals surface area contributed by atoms with Crippen molar-refractivity contribution in [2.45, 2.75) is 11.8 Å². The molecule has 1 atom stereocenters. The number of hydrogen-bond donors (Lipinski definition) is 2. The van der Waals surface area contributed by atoms with Gasteiger partial charge in [0.25, 0.3) is 0 Å². The molecule has 1 aromatic heterocycles. The first-order valence-corrected chi connectivity index (χ1v) is 7.32. The molecule has 0 fully saturated rings. The summed E-state index contributed by atoms with van der Waals surface area (Å²) in [5.74, 6) is -0.453. The number of nitrogens with zero attached hydrogens (tertiary/aromatic N) is 1. The van der Waals surface area contributed by atoms with Gasteiger partial charge in [-0.15, -0.1) is 0 Å². The highest BCUT2D eigenvalue weighted by Gasteiger charge is 2.12. The normalized spacial score (nSPS) is 11.8. The second-order valence-corrected chi connectivity index (χ2v) is 5.74. The van der Waals surface area contributed by atoms with Crippen LogP contribution in [0, 0.1) is 6.92 Å². The number of amides is 1. The highest BCUT2D eigenvalue weighted by molar-refractivity contribution is 7.86. The molecule has 3 N–H and O–H groups in total. The summed E-state index contributed by atoms with van der Waals surface area (Å²) in [7, 11) is -1.48. The Morgan fingerprint density at radius 1 is 1.30 bits per heavy atom. The first-order valence-electron chi connectivity index (χ1n) is 6.00. The quantitative estimate of drug-likeness (QED) is 0.897. The largest absolute Gasteiger partial charge is 0.396 e. The molecule has 0 aliphatic heterocycles. The molecule has 1 aromatic carbocycles. The van der Waals surface area contributed by atoms with Gasteiger partial charge in [0.05, 0.1) is 27.6 Å². The van der Waals surface area contributed by atoms with Crippen molar-refractivity contribution < 1.29 is 9.00 Å². The fourth-order valence-electron chi connectivity index (χ4n) is 1.63. The highest BCUT2D eigenvalue weighted by atomic mass is 32.2. The second kappa shape index (κ2) is 6.29. The van der Waals surface area contributed by atoms with Crippen molar-refractivity contribution in [1.29, 1.82) is 0 Å². The SMILES string of the molecule is Cc1ccc(NC(=O)CS(=O)c2ccncc2N)cc1. The van der Waals surface area contributed by atoms with Gasteiger partial charge in [0, 0.05) is 11.9 Å². The zero-order valence-corrected chi connectivity index (χ0v) is 11.8. The molecule has 0 bridgehead atoms. The Morgan fingerprint density at radius 2 is 2.00 bits per heavy atom. The number of hydrogen-bond acceptors (Lipinski definition) is 4. The summed E-state index contributed by atoms with van der Waals surface area (Å²) in [6, 6.07) is 8.96. The molecule has 1 heterocycles. The first-order chi connectivity index (χ1) is 9.56. The van der Waals surface area contributed by atoms with Gasteiger partial charge in [0.1, 0.15) is 5.75 Å². The minimum absolute atomic E-state index is 0.137. The molecule has 2 rings (SSSR count). The van der Waals surface area contributed by atoms with Crippen LogP contribution in [-0.2, 0) is 15.6 Å². The van der Waals surface area contributed by atoms with E-state index >= 15 is 0 Å². The van der Waals surface area contributed by atoms with E-state index in [1.54, 1.807) is 18.2 Å².